The summed E-state index contributed by atoms with van der Waals surface area (Å²) in [5.41, 5.74) is 3.64. The van der Waals surface area contributed by atoms with E-state index in [1.54, 1.807) is 13.3 Å². The van der Waals surface area contributed by atoms with Gasteiger partial charge in [-0.25, -0.2) is 4.98 Å². The highest BCUT2D eigenvalue weighted by Crippen LogP contribution is 2.34. The molecule has 0 saturated heterocycles. The van der Waals surface area contributed by atoms with Crippen LogP contribution >= 0.6 is 0 Å². The van der Waals surface area contributed by atoms with Crippen molar-refractivity contribution in [2.24, 2.45) is 0 Å². The predicted molar refractivity (Wildman–Crippen MR) is 104 cm³/mol. The van der Waals surface area contributed by atoms with E-state index in [4.69, 9.17) is 9.84 Å². The number of H-pyrrole nitrogens is 1. The monoisotopic (exact) mass is 364 g/mol. The Morgan fingerprint density at radius 1 is 1.33 bits per heavy atom. The number of aliphatic hydroxyl groups excluding tert-OH is 1. The minimum Gasteiger partial charge on any atom is -0.497 e. The van der Waals surface area contributed by atoms with Gasteiger partial charge in [-0.15, -0.1) is 0 Å². The number of nitrogens with zero attached hydrogens (tertiary/aromatic N) is 2. The van der Waals surface area contributed by atoms with E-state index in [1.807, 2.05) is 47.2 Å². The van der Waals surface area contributed by atoms with Crippen molar-refractivity contribution >= 4 is 27.8 Å². The van der Waals surface area contributed by atoms with Gasteiger partial charge in [0, 0.05) is 46.5 Å². The topological polar surface area (TPSA) is 92.2 Å². The van der Waals surface area contributed by atoms with Crippen LogP contribution in [0.15, 0.2) is 48.8 Å². The number of aromatic nitrogens is 3. The Morgan fingerprint density at radius 2 is 2.22 bits per heavy atom. The summed E-state index contributed by atoms with van der Waals surface area (Å²) in [5.74, 6) is 0.599. The van der Waals surface area contributed by atoms with Gasteiger partial charge in [0.2, 0.25) is 5.91 Å². The number of carbonyl (C=O) groups is 1. The largest absolute Gasteiger partial charge is 0.497 e. The van der Waals surface area contributed by atoms with Gasteiger partial charge in [0.1, 0.15) is 17.9 Å². The molecule has 4 aromatic rings. The van der Waals surface area contributed by atoms with Crippen LogP contribution in [0.2, 0.25) is 0 Å². The average Bonchev–Trinajstić information content (AvgIpc) is 3.27. The number of aromatic amines is 1. The number of pyridine rings is 1. The van der Waals surface area contributed by atoms with Crippen molar-refractivity contribution in [3.8, 4) is 17.0 Å². The first-order chi connectivity index (χ1) is 13.2. The van der Waals surface area contributed by atoms with E-state index in [1.165, 1.54) is 0 Å². The third-order valence-electron chi connectivity index (χ3n) is 4.52. The van der Waals surface area contributed by atoms with Crippen LogP contribution < -0.4 is 10.1 Å². The Labute approximate surface area is 155 Å². The summed E-state index contributed by atoms with van der Waals surface area (Å²) in [6.45, 7) is 0.330. The second-order valence-electron chi connectivity index (χ2n) is 6.25. The molecule has 4 rings (SSSR count). The number of carbonyl (C=O) groups excluding carboxylic acids is 1. The molecule has 0 aliphatic rings. The third kappa shape index (κ3) is 3.24. The number of benzene rings is 1. The smallest absolute Gasteiger partial charge is 0.240 e. The molecule has 27 heavy (non-hydrogen) atoms. The average molecular weight is 364 g/mol. The number of methoxy groups -OCH3 is 1. The van der Waals surface area contributed by atoms with Gasteiger partial charge in [-0.05, 0) is 36.4 Å². The van der Waals surface area contributed by atoms with Crippen LogP contribution in [-0.2, 0) is 11.3 Å². The van der Waals surface area contributed by atoms with Gasteiger partial charge < -0.3 is 24.7 Å². The molecule has 0 saturated carbocycles. The number of amides is 1. The molecule has 0 unspecified atom stereocenters. The summed E-state index contributed by atoms with van der Waals surface area (Å²) in [7, 11) is 1.63. The maximum atomic E-state index is 12.1. The maximum absolute atomic E-state index is 12.1. The second-order valence-corrected chi connectivity index (χ2v) is 6.25. The van der Waals surface area contributed by atoms with Crippen molar-refractivity contribution in [2.75, 3.05) is 20.3 Å². The fourth-order valence-electron chi connectivity index (χ4n) is 3.26. The molecule has 7 heteroatoms. The van der Waals surface area contributed by atoms with Gasteiger partial charge in [-0.3, -0.25) is 4.79 Å². The zero-order valence-electron chi connectivity index (χ0n) is 14.9. The fourth-order valence-corrected chi connectivity index (χ4v) is 3.26. The van der Waals surface area contributed by atoms with E-state index >= 15 is 0 Å². The van der Waals surface area contributed by atoms with Gasteiger partial charge >= 0.3 is 0 Å². The Kier molecular flexibility index (Phi) is 4.52. The lowest BCUT2D eigenvalue weighted by molar-refractivity contribution is -0.121. The minimum absolute atomic E-state index is 0.0807. The Balaban J connectivity index is 1.82. The Morgan fingerprint density at radius 3 is 3.00 bits per heavy atom. The summed E-state index contributed by atoms with van der Waals surface area (Å²) < 4.78 is 7.28. The molecular weight excluding hydrogens is 344 g/mol. The van der Waals surface area contributed by atoms with Gasteiger partial charge in [0.25, 0.3) is 0 Å². The summed E-state index contributed by atoms with van der Waals surface area (Å²) in [4.78, 5) is 19.8. The van der Waals surface area contributed by atoms with Crippen molar-refractivity contribution in [1.29, 1.82) is 0 Å². The molecule has 3 aromatic heterocycles. The molecule has 3 N–H and O–H groups in total. The van der Waals surface area contributed by atoms with Gasteiger partial charge in [0.05, 0.1) is 13.7 Å². The molecular formula is C20H20N4O3. The van der Waals surface area contributed by atoms with Crippen LogP contribution in [0, 0.1) is 0 Å². The van der Waals surface area contributed by atoms with Crippen molar-refractivity contribution in [3.05, 3.63) is 48.8 Å². The molecule has 1 aromatic carbocycles. The SMILES string of the molecule is COc1ccc2c(c1)c(-c1cc3cccnc3[nH]1)cn2CC(=O)NCCO. The van der Waals surface area contributed by atoms with E-state index in [0.29, 0.717) is 0 Å². The normalized spacial score (nSPS) is 11.2. The van der Waals surface area contributed by atoms with E-state index in [9.17, 15) is 4.79 Å². The van der Waals surface area contributed by atoms with Crippen molar-refractivity contribution in [1.82, 2.24) is 19.9 Å². The number of hydrogen-bond acceptors (Lipinski definition) is 4. The lowest BCUT2D eigenvalue weighted by Gasteiger charge is -2.06. The maximum Gasteiger partial charge on any atom is 0.240 e. The summed E-state index contributed by atoms with van der Waals surface area (Å²) in [6, 6.07) is 11.7. The standard InChI is InChI=1S/C20H20N4O3/c1-27-14-4-5-18-15(10-14)16(11-24(18)12-19(26)21-7-8-25)17-9-13-3-2-6-22-20(13)23-17/h2-6,9-11,25H,7-8,12H2,1H3,(H,21,26)(H,22,23). The number of ether oxygens (including phenoxy) is 1. The highest BCUT2D eigenvalue weighted by atomic mass is 16.5. The fraction of sp³-hybridized carbons (Fsp3) is 0.200. The molecule has 0 bridgehead atoms. The summed E-state index contributed by atoms with van der Waals surface area (Å²) >= 11 is 0. The van der Waals surface area contributed by atoms with Crippen molar-refractivity contribution < 1.29 is 14.6 Å². The molecule has 0 fully saturated rings. The third-order valence-corrected chi connectivity index (χ3v) is 4.52. The molecule has 7 nitrogen and oxygen atoms in total. The number of fused-ring (bicyclic) bond motifs is 2. The molecule has 3 heterocycles. The first-order valence-corrected chi connectivity index (χ1v) is 8.68. The van der Waals surface area contributed by atoms with Gasteiger partial charge in [0.15, 0.2) is 0 Å². The number of aliphatic hydroxyl groups is 1. The summed E-state index contributed by atoms with van der Waals surface area (Å²) in [5, 5.41) is 13.6. The molecule has 0 radical (unpaired) electrons. The number of rotatable bonds is 6. The van der Waals surface area contributed by atoms with Gasteiger partial charge in [-0.1, -0.05) is 0 Å². The number of hydrogen-bond donors (Lipinski definition) is 3. The molecule has 0 spiro atoms. The number of nitrogens with one attached hydrogen (secondary N) is 2. The van der Waals surface area contributed by atoms with Crippen LogP contribution in [0.3, 0.4) is 0 Å². The molecule has 1 amide bonds. The zero-order chi connectivity index (χ0) is 18.8. The van der Waals surface area contributed by atoms with Crippen LogP contribution in [0.5, 0.6) is 5.75 Å². The quantitative estimate of drug-likeness (QED) is 0.489. The first kappa shape index (κ1) is 17.1. The van der Waals surface area contributed by atoms with Crippen molar-refractivity contribution in [2.45, 2.75) is 6.54 Å². The van der Waals surface area contributed by atoms with Crippen molar-refractivity contribution in [3.63, 3.8) is 0 Å². The Bertz CT molecular complexity index is 1080. The van der Waals surface area contributed by atoms with E-state index in [0.717, 1.165) is 38.9 Å². The van der Waals surface area contributed by atoms with Crippen LogP contribution in [-0.4, -0.2) is 45.8 Å². The van der Waals surface area contributed by atoms with Gasteiger partial charge in [-0.2, -0.15) is 0 Å². The zero-order valence-corrected chi connectivity index (χ0v) is 14.9. The van der Waals surface area contributed by atoms with Crippen LogP contribution in [0.25, 0.3) is 33.2 Å². The lowest BCUT2D eigenvalue weighted by atomic mass is 10.1. The summed E-state index contributed by atoms with van der Waals surface area (Å²) in [6.07, 6.45) is 3.70. The van der Waals surface area contributed by atoms with E-state index < -0.39 is 0 Å². The first-order valence-electron chi connectivity index (χ1n) is 8.68. The highest BCUT2D eigenvalue weighted by molar-refractivity contribution is 5.99. The van der Waals surface area contributed by atoms with E-state index in [2.05, 4.69) is 15.3 Å². The predicted octanol–water partition coefficient (Wildman–Crippen LogP) is 2.30. The Hall–Kier alpha value is -3.32. The van der Waals surface area contributed by atoms with Crippen LogP contribution in [0.1, 0.15) is 0 Å². The lowest BCUT2D eigenvalue weighted by Crippen LogP contribution is -2.29. The molecule has 0 aliphatic carbocycles. The van der Waals surface area contributed by atoms with E-state index in [-0.39, 0.29) is 25.6 Å². The van der Waals surface area contributed by atoms with Crippen LogP contribution in [0.4, 0.5) is 0 Å². The highest BCUT2D eigenvalue weighted by Gasteiger charge is 2.15. The molecule has 138 valence electrons. The second kappa shape index (κ2) is 7.13. The molecule has 0 aliphatic heterocycles. The molecule has 0 atom stereocenters. The minimum atomic E-state index is -0.151.